The Morgan fingerprint density at radius 2 is 2.05 bits per heavy atom. The summed E-state index contributed by atoms with van der Waals surface area (Å²) in [4.78, 5) is 2.33. The van der Waals surface area contributed by atoms with Gasteiger partial charge in [0.15, 0.2) is 0 Å². The Bertz CT molecular complexity index is 468. The van der Waals surface area contributed by atoms with E-state index in [1.807, 2.05) is 12.1 Å². The average molecular weight is 276 g/mol. The number of hydrogen-bond donors (Lipinski definition) is 1. The summed E-state index contributed by atoms with van der Waals surface area (Å²) in [6.45, 7) is 8.03. The monoisotopic (exact) mass is 276 g/mol. The van der Waals surface area contributed by atoms with Gasteiger partial charge in [0.05, 0.1) is 5.71 Å². The lowest BCUT2D eigenvalue weighted by Gasteiger charge is -2.20. The molecule has 0 aromatic heterocycles. The van der Waals surface area contributed by atoms with Crippen molar-refractivity contribution in [1.29, 1.82) is 0 Å². The second-order valence-electron chi connectivity index (χ2n) is 5.09. The van der Waals surface area contributed by atoms with Crippen LogP contribution >= 0.6 is 0 Å². The van der Waals surface area contributed by atoms with Gasteiger partial charge in [-0.05, 0) is 50.0 Å². The van der Waals surface area contributed by atoms with Crippen molar-refractivity contribution >= 4 is 5.71 Å². The molecule has 1 aromatic carbocycles. The molecule has 0 saturated carbocycles. The normalized spacial score (nSPS) is 16.4. The summed E-state index contributed by atoms with van der Waals surface area (Å²) in [5.41, 5.74) is 3.07. The Labute approximate surface area is 121 Å². The van der Waals surface area contributed by atoms with Crippen LogP contribution in [0.15, 0.2) is 23.4 Å². The van der Waals surface area contributed by atoms with Gasteiger partial charge in [0, 0.05) is 12.1 Å². The van der Waals surface area contributed by atoms with Crippen molar-refractivity contribution in [2.45, 2.75) is 33.1 Å². The van der Waals surface area contributed by atoms with Gasteiger partial charge < -0.3 is 14.8 Å². The molecular formula is C16H24N2O2. The molecule has 110 valence electrons. The molecule has 1 aliphatic rings. The van der Waals surface area contributed by atoms with E-state index in [1.54, 1.807) is 0 Å². The minimum Gasteiger partial charge on any atom is -0.492 e. The molecule has 0 aliphatic heterocycles. The maximum atomic E-state index is 9.08. The summed E-state index contributed by atoms with van der Waals surface area (Å²) in [6, 6.07) is 6.11. The van der Waals surface area contributed by atoms with Crippen LogP contribution in [0.4, 0.5) is 0 Å². The van der Waals surface area contributed by atoms with Gasteiger partial charge in [0.1, 0.15) is 12.4 Å². The Morgan fingerprint density at radius 3 is 2.75 bits per heavy atom. The van der Waals surface area contributed by atoms with Crippen molar-refractivity contribution in [2.24, 2.45) is 5.16 Å². The molecule has 0 fully saturated rings. The molecule has 0 heterocycles. The van der Waals surface area contributed by atoms with E-state index in [1.165, 1.54) is 5.56 Å². The standard InChI is InChI=1S/C16H24N2O2/c1-3-18(4-2)10-11-20-14-9-8-13-6-5-7-16(17-19)15(13)12-14/h8-9,12,19H,3-7,10-11H2,1-2H3/b17-16-. The fourth-order valence-corrected chi connectivity index (χ4v) is 2.65. The van der Waals surface area contributed by atoms with Crippen molar-refractivity contribution in [3.8, 4) is 5.75 Å². The molecule has 0 amide bonds. The summed E-state index contributed by atoms with van der Waals surface area (Å²) in [5, 5.41) is 12.5. The summed E-state index contributed by atoms with van der Waals surface area (Å²) in [5.74, 6) is 0.860. The highest BCUT2D eigenvalue weighted by Gasteiger charge is 2.16. The zero-order valence-corrected chi connectivity index (χ0v) is 12.4. The van der Waals surface area contributed by atoms with Crippen LogP contribution in [0, 0.1) is 0 Å². The number of benzene rings is 1. The van der Waals surface area contributed by atoms with E-state index < -0.39 is 0 Å². The molecule has 1 N–H and O–H groups in total. The third-order valence-electron chi connectivity index (χ3n) is 3.94. The number of likely N-dealkylation sites (N-methyl/N-ethyl adjacent to an activating group) is 1. The van der Waals surface area contributed by atoms with Crippen LogP contribution in [0.3, 0.4) is 0 Å². The predicted molar refractivity (Wildman–Crippen MR) is 81.0 cm³/mol. The van der Waals surface area contributed by atoms with E-state index in [4.69, 9.17) is 9.94 Å². The van der Waals surface area contributed by atoms with Gasteiger partial charge in [-0.25, -0.2) is 0 Å². The van der Waals surface area contributed by atoms with Gasteiger partial charge in [0.2, 0.25) is 0 Å². The topological polar surface area (TPSA) is 45.1 Å². The number of rotatable bonds is 6. The minimum atomic E-state index is 0.687. The molecule has 4 nitrogen and oxygen atoms in total. The Balaban J connectivity index is 2.00. The molecule has 2 rings (SSSR count). The highest BCUT2D eigenvalue weighted by Crippen LogP contribution is 2.25. The van der Waals surface area contributed by atoms with Gasteiger partial charge >= 0.3 is 0 Å². The molecule has 0 radical (unpaired) electrons. The second-order valence-corrected chi connectivity index (χ2v) is 5.09. The number of aryl methyl sites for hydroxylation is 1. The quantitative estimate of drug-likeness (QED) is 0.642. The molecule has 0 saturated heterocycles. The lowest BCUT2D eigenvalue weighted by molar-refractivity contribution is 0.222. The molecular weight excluding hydrogens is 252 g/mol. The van der Waals surface area contributed by atoms with E-state index in [0.717, 1.165) is 55.9 Å². The lowest BCUT2D eigenvalue weighted by Crippen LogP contribution is -2.27. The second kappa shape index (κ2) is 7.29. The molecule has 20 heavy (non-hydrogen) atoms. The maximum absolute atomic E-state index is 9.08. The van der Waals surface area contributed by atoms with E-state index in [2.05, 4.69) is 30.0 Å². The number of hydrogen-bond acceptors (Lipinski definition) is 4. The fraction of sp³-hybridized carbons (Fsp3) is 0.562. The van der Waals surface area contributed by atoms with Crippen molar-refractivity contribution in [2.75, 3.05) is 26.2 Å². The highest BCUT2D eigenvalue weighted by atomic mass is 16.5. The van der Waals surface area contributed by atoms with Crippen LogP contribution in [-0.2, 0) is 6.42 Å². The molecule has 0 atom stereocenters. The van der Waals surface area contributed by atoms with Crippen LogP contribution in [0.1, 0.15) is 37.8 Å². The Hall–Kier alpha value is -1.55. The molecule has 0 spiro atoms. The van der Waals surface area contributed by atoms with Crippen LogP contribution in [0.25, 0.3) is 0 Å². The third-order valence-corrected chi connectivity index (χ3v) is 3.94. The molecule has 0 bridgehead atoms. The van der Waals surface area contributed by atoms with E-state index >= 15 is 0 Å². The third kappa shape index (κ3) is 3.51. The van der Waals surface area contributed by atoms with Gasteiger partial charge in [0.25, 0.3) is 0 Å². The summed E-state index contributed by atoms with van der Waals surface area (Å²) >= 11 is 0. The highest BCUT2D eigenvalue weighted by molar-refractivity contribution is 6.02. The minimum absolute atomic E-state index is 0.687. The first-order chi connectivity index (χ1) is 9.78. The van der Waals surface area contributed by atoms with Gasteiger partial charge in [-0.1, -0.05) is 25.1 Å². The molecule has 0 unspecified atom stereocenters. The van der Waals surface area contributed by atoms with Crippen molar-refractivity contribution in [3.05, 3.63) is 29.3 Å². The van der Waals surface area contributed by atoms with E-state index in [9.17, 15) is 0 Å². The van der Waals surface area contributed by atoms with E-state index in [-0.39, 0.29) is 0 Å². The zero-order valence-electron chi connectivity index (χ0n) is 12.4. The largest absolute Gasteiger partial charge is 0.492 e. The summed E-state index contributed by atoms with van der Waals surface area (Å²) in [7, 11) is 0. The van der Waals surface area contributed by atoms with Crippen LogP contribution < -0.4 is 4.74 Å². The number of ether oxygens (including phenoxy) is 1. The Kier molecular flexibility index (Phi) is 5.41. The first-order valence-corrected chi connectivity index (χ1v) is 7.47. The van der Waals surface area contributed by atoms with Crippen molar-refractivity contribution in [1.82, 2.24) is 4.90 Å². The smallest absolute Gasteiger partial charge is 0.120 e. The molecule has 1 aromatic rings. The average Bonchev–Trinajstić information content (AvgIpc) is 2.51. The molecule has 1 aliphatic carbocycles. The van der Waals surface area contributed by atoms with Gasteiger partial charge in [-0.3, -0.25) is 0 Å². The van der Waals surface area contributed by atoms with Crippen LogP contribution in [0.5, 0.6) is 5.75 Å². The first-order valence-electron chi connectivity index (χ1n) is 7.47. The van der Waals surface area contributed by atoms with E-state index in [0.29, 0.717) is 6.61 Å². The lowest BCUT2D eigenvalue weighted by atomic mass is 9.90. The summed E-state index contributed by atoms with van der Waals surface area (Å²) in [6.07, 6.45) is 2.94. The van der Waals surface area contributed by atoms with Crippen molar-refractivity contribution < 1.29 is 9.94 Å². The number of oxime groups is 1. The fourth-order valence-electron chi connectivity index (χ4n) is 2.65. The first kappa shape index (κ1) is 14.9. The number of fused-ring (bicyclic) bond motifs is 1. The van der Waals surface area contributed by atoms with Crippen LogP contribution in [-0.4, -0.2) is 42.1 Å². The number of nitrogens with zero attached hydrogens (tertiary/aromatic N) is 2. The van der Waals surface area contributed by atoms with Crippen molar-refractivity contribution in [3.63, 3.8) is 0 Å². The Morgan fingerprint density at radius 1 is 1.25 bits per heavy atom. The van der Waals surface area contributed by atoms with Crippen LogP contribution in [0.2, 0.25) is 0 Å². The maximum Gasteiger partial charge on any atom is 0.120 e. The zero-order chi connectivity index (χ0) is 14.4. The SMILES string of the molecule is CCN(CC)CCOc1ccc2c(c1)/C(=N\O)CCC2. The van der Waals surface area contributed by atoms with Gasteiger partial charge in [-0.15, -0.1) is 0 Å². The summed E-state index contributed by atoms with van der Waals surface area (Å²) < 4.78 is 5.82. The predicted octanol–water partition coefficient (Wildman–Crippen LogP) is 2.92. The molecule has 4 heteroatoms. The van der Waals surface area contributed by atoms with Gasteiger partial charge in [-0.2, -0.15) is 0 Å².